The summed E-state index contributed by atoms with van der Waals surface area (Å²) in [6.45, 7) is 2.32. The molecule has 0 aromatic carbocycles. The van der Waals surface area contributed by atoms with Crippen molar-refractivity contribution in [1.29, 1.82) is 0 Å². The average molecular weight is 264 g/mol. The Hall–Kier alpha value is 0. The highest BCUT2D eigenvalue weighted by molar-refractivity contribution is 5.01. The minimum absolute atomic E-state index is 0.844. The monoisotopic (exact) mass is 264 g/mol. The Morgan fingerprint density at radius 1 is 0.737 bits per heavy atom. The number of hydrogen-bond acceptors (Lipinski definition) is 0. The maximum atomic E-state index is 2.32. The Kier molecular flexibility index (Phi) is 6.74. The second-order valence-electron chi connectivity index (χ2n) is 7.44. The van der Waals surface area contributed by atoms with Crippen molar-refractivity contribution >= 4 is 0 Å². The Bertz CT molecular complexity index is 218. The predicted molar refractivity (Wildman–Crippen MR) is 85.5 cm³/mol. The molecule has 0 bridgehead atoms. The summed E-state index contributed by atoms with van der Waals surface area (Å²) in [7, 11) is 0. The Morgan fingerprint density at radius 3 is 1.89 bits per heavy atom. The van der Waals surface area contributed by atoms with Crippen LogP contribution in [0.5, 0.6) is 0 Å². The minimum atomic E-state index is 0.844. The molecule has 2 aliphatic rings. The highest BCUT2D eigenvalue weighted by Gasteiger charge is 2.51. The van der Waals surface area contributed by atoms with Crippen molar-refractivity contribution in [2.75, 3.05) is 0 Å². The van der Waals surface area contributed by atoms with Crippen LogP contribution in [0.1, 0.15) is 110 Å². The van der Waals surface area contributed by atoms with Crippen molar-refractivity contribution in [2.24, 2.45) is 11.3 Å². The van der Waals surface area contributed by atoms with Crippen molar-refractivity contribution in [3.63, 3.8) is 0 Å². The second-order valence-corrected chi connectivity index (χ2v) is 7.44. The quantitative estimate of drug-likeness (QED) is 0.475. The standard InChI is InChI=1S/C19H36/c1-2-3-4-11-14-18-17-19(18)15-12-9-7-5-6-8-10-13-16-19/h18H,2-17H2,1H3. The van der Waals surface area contributed by atoms with Gasteiger partial charge in [-0.25, -0.2) is 0 Å². The van der Waals surface area contributed by atoms with E-state index in [0.717, 1.165) is 11.3 Å². The fourth-order valence-electron chi connectivity index (χ4n) is 4.41. The molecule has 0 aromatic heterocycles. The van der Waals surface area contributed by atoms with Gasteiger partial charge in [0.25, 0.3) is 0 Å². The zero-order chi connectivity index (χ0) is 13.4. The SMILES string of the molecule is CCCCCCC1CC12CCCCCCCCCC2. The molecule has 2 rings (SSSR count). The topological polar surface area (TPSA) is 0 Å². The molecule has 0 heterocycles. The van der Waals surface area contributed by atoms with Gasteiger partial charge in [-0.3, -0.25) is 0 Å². The average Bonchev–Trinajstić information content (AvgIpc) is 3.11. The highest BCUT2D eigenvalue weighted by Crippen LogP contribution is 2.61. The zero-order valence-corrected chi connectivity index (χ0v) is 13.4. The van der Waals surface area contributed by atoms with Crippen LogP contribution in [0, 0.1) is 11.3 Å². The van der Waals surface area contributed by atoms with Gasteiger partial charge < -0.3 is 0 Å². The van der Waals surface area contributed by atoms with E-state index < -0.39 is 0 Å². The highest BCUT2D eigenvalue weighted by atomic mass is 14.6. The summed E-state index contributed by atoms with van der Waals surface area (Å²) in [5.74, 6) is 1.13. The van der Waals surface area contributed by atoms with Gasteiger partial charge in [-0.2, -0.15) is 0 Å². The summed E-state index contributed by atoms with van der Waals surface area (Å²) < 4.78 is 0. The number of hydrogen-bond donors (Lipinski definition) is 0. The molecule has 1 atom stereocenters. The fourth-order valence-corrected chi connectivity index (χ4v) is 4.41. The molecule has 1 unspecified atom stereocenters. The van der Waals surface area contributed by atoms with Crippen LogP contribution in [0.3, 0.4) is 0 Å². The normalized spacial score (nSPS) is 27.9. The lowest BCUT2D eigenvalue weighted by Gasteiger charge is -2.17. The first kappa shape index (κ1) is 15.4. The van der Waals surface area contributed by atoms with Gasteiger partial charge in [0, 0.05) is 0 Å². The third-order valence-corrected chi connectivity index (χ3v) is 5.86. The summed E-state index contributed by atoms with van der Waals surface area (Å²) in [4.78, 5) is 0. The fraction of sp³-hybridized carbons (Fsp3) is 1.00. The molecule has 0 amide bonds. The molecule has 2 saturated carbocycles. The molecule has 112 valence electrons. The molecule has 0 aromatic rings. The van der Waals surface area contributed by atoms with Gasteiger partial charge in [0.1, 0.15) is 0 Å². The molecule has 2 fully saturated rings. The molecule has 0 radical (unpaired) electrons. The molecule has 0 nitrogen and oxygen atoms in total. The van der Waals surface area contributed by atoms with Crippen molar-refractivity contribution in [2.45, 2.75) is 110 Å². The first-order valence-electron chi connectivity index (χ1n) is 9.37. The van der Waals surface area contributed by atoms with E-state index in [4.69, 9.17) is 0 Å². The van der Waals surface area contributed by atoms with Gasteiger partial charge in [0.15, 0.2) is 0 Å². The first-order chi connectivity index (χ1) is 9.37. The molecular formula is C19H36. The van der Waals surface area contributed by atoms with Gasteiger partial charge in [-0.05, 0) is 37.0 Å². The van der Waals surface area contributed by atoms with Crippen molar-refractivity contribution in [1.82, 2.24) is 0 Å². The van der Waals surface area contributed by atoms with Crippen LogP contribution in [-0.4, -0.2) is 0 Å². The predicted octanol–water partition coefficient (Wildman–Crippen LogP) is 6.88. The third kappa shape index (κ3) is 5.12. The van der Waals surface area contributed by atoms with E-state index in [2.05, 4.69) is 6.92 Å². The molecule has 1 spiro atoms. The molecule has 0 saturated heterocycles. The van der Waals surface area contributed by atoms with E-state index in [1.165, 1.54) is 77.0 Å². The van der Waals surface area contributed by atoms with Crippen LogP contribution in [0.15, 0.2) is 0 Å². The van der Waals surface area contributed by atoms with Gasteiger partial charge in [0.05, 0.1) is 0 Å². The molecular weight excluding hydrogens is 228 g/mol. The largest absolute Gasteiger partial charge is 0.0654 e. The van der Waals surface area contributed by atoms with E-state index in [9.17, 15) is 0 Å². The molecule has 0 aliphatic heterocycles. The summed E-state index contributed by atoms with van der Waals surface area (Å²) in [6, 6.07) is 0. The van der Waals surface area contributed by atoms with Gasteiger partial charge >= 0.3 is 0 Å². The Morgan fingerprint density at radius 2 is 1.32 bits per heavy atom. The van der Waals surface area contributed by atoms with E-state index in [0.29, 0.717) is 0 Å². The van der Waals surface area contributed by atoms with Crippen molar-refractivity contribution in [3.8, 4) is 0 Å². The minimum Gasteiger partial charge on any atom is -0.0654 e. The van der Waals surface area contributed by atoms with E-state index >= 15 is 0 Å². The van der Waals surface area contributed by atoms with E-state index in [-0.39, 0.29) is 0 Å². The molecule has 0 N–H and O–H groups in total. The summed E-state index contributed by atoms with van der Waals surface area (Å²) in [6.07, 6.45) is 24.3. The maximum Gasteiger partial charge on any atom is -0.0266 e. The lowest BCUT2D eigenvalue weighted by molar-refractivity contribution is 0.345. The Balaban J connectivity index is 1.70. The lowest BCUT2D eigenvalue weighted by atomic mass is 9.88. The molecule has 2 aliphatic carbocycles. The molecule has 0 heteroatoms. The van der Waals surface area contributed by atoms with Crippen LogP contribution in [0.4, 0.5) is 0 Å². The van der Waals surface area contributed by atoms with E-state index in [1.807, 2.05) is 0 Å². The number of unbranched alkanes of at least 4 members (excludes halogenated alkanes) is 3. The third-order valence-electron chi connectivity index (χ3n) is 5.86. The van der Waals surface area contributed by atoms with Crippen LogP contribution in [0.2, 0.25) is 0 Å². The molecule has 19 heavy (non-hydrogen) atoms. The first-order valence-corrected chi connectivity index (χ1v) is 9.37. The maximum absolute atomic E-state index is 2.32. The van der Waals surface area contributed by atoms with Gasteiger partial charge in [-0.15, -0.1) is 0 Å². The van der Waals surface area contributed by atoms with Crippen LogP contribution < -0.4 is 0 Å². The second kappa shape index (κ2) is 8.32. The van der Waals surface area contributed by atoms with Crippen molar-refractivity contribution < 1.29 is 0 Å². The zero-order valence-electron chi connectivity index (χ0n) is 13.4. The van der Waals surface area contributed by atoms with Crippen LogP contribution >= 0.6 is 0 Å². The Labute approximate surface area is 121 Å². The van der Waals surface area contributed by atoms with Gasteiger partial charge in [-0.1, -0.05) is 84.0 Å². The van der Waals surface area contributed by atoms with Crippen LogP contribution in [-0.2, 0) is 0 Å². The summed E-state index contributed by atoms with van der Waals surface area (Å²) in [5, 5.41) is 0. The van der Waals surface area contributed by atoms with Crippen molar-refractivity contribution in [3.05, 3.63) is 0 Å². The van der Waals surface area contributed by atoms with E-state index in [1.54, 1.807) is 25.7 Å². The summed E-state index contributed by atoms with van der Waals surface area (Å²) >= 11 is 0. The smallest absolute Gasteiger partial charge is 0.0266 e. The number of rotatable bonds is 5. The summed E-state index contributed by atoms with van der Waals surface area (Å²) in [5.41, 5.74) is 0.844. The van der Waals surface area contributed by atoms with Crippen LogP contribution in [0.25, 0.3) is 0 Å². The van der Waals surface area contributed by atoms with Gasteiger partial charge in [0.2, 0.25) is 0 Å². The lowest BCUT2D eigenvalue weighted by Crippen LogP contribution is -2.05.